The first-order valence-electron chi connectivity index (χ1n) is 7.24. The molecule has 21 heavy (non-hydrogen) atoms. The van der Waals surface area contributed by atoms with Crippen molar-refractivity contribution in [2.75, 3.05) is 18.0 Å². The fraction of sp³-hybridized carbons (Fsp3) is 0.571. The van der Waals surface area contributed by atoms with Gasteiger partial charge in [0.2, 0.25) is 5.95 Å². The zero-order chi connectivity index (χ0) is 15.0. The van der Waals surface area contributed by atoms with Gasteiger partial charge in [0.25, 0.3) is 0 Å². The van der Waals surface area contributed by atoms with Crippen molar-refractivity contribution in [2.45, 2.75) is 32.7 Å². The number of nitrogens with one attached hydrogen (secondary N) is 1. The molecule has 0 amide bonds. The second kappa shape index (κ2) is 6.06. The lowest BCUT2D eigenvalue weighted by Crippen LogP contribution is -2.40. The lowest BCUT2D eigenvalue weighted by molar-refractivity contribution is 0.352. The first-order chi connectivity index (χ1) is 10.0. The standard InChI is InChI=1S/C14H20BrN5S/c1-8-7-11(21-12(8)15)13-17-14(19-18-13)20-5-3-10(4-6-20)9(2)16/h7,9-10H,3-6,16H2,1-2H3,(H,17,18,19). The zero-order valence-corrected chi connectivity index (χ0v) is 14.7. The Balaban J connectivity index is 1.71. The number of piperidine rings is 1. The molecule has 2 aromatic heterocycles. The molecule has 0 saturated carbocycles. The molecule has 1 unspecified atom stereocenters. The van der Waals surface area contributed by atoms with Gasteiger partial charge < -0.3 is 10.6 Å². The van der Waals surface area contributed by atoms with Crippen molar-refractivity contribution >= 4 is 33.2 Å². The molecule has 0 aliphatic carbocycles. The molecule has 0 aromatic carbocycles. The summed E-state index contributed by atoms with van der Waals surface area (Å²) in [5, 5.41) is 7.43. The molecular weight excluding hydrogens is 350 g/mol. The van der Waals surface area contributed by atoms with Gasteiger partial charge in [-0.3, -0.25) is 5.10 Å². The van der Waals surface area contributed by atoms with Crippen LogP contribution in [0.3, 0.4) is 0 Å². The molecule has 0 spiro atoms. The number of nitrogens with zero attached hydrogens (tertiary/aromatic N) is 3. The number of aromatic amines is 1. The van der Waals surface area contributed by atoms with Crippen molar-refractivity contribution in [1.29, 1.82) is 0 Å². The van der Waals surface area contributed by atoms with Crippen LogP contribution in [0.1, 0.15) is 25.3 Å². The van der Waals surface area contributed by atoms with Gasteiger partial charge in [0, 0.05) is 19.1 Å². The number of anilines is 1. The van der Waals surface area contributed by atoms with Gasteiger partial charge in [-0.05, 0) is 60.2 Å². The van der Waals surface area contributed by atoms with Crippen LogP contribution in [0.4, 0.5) is 5.95 Å². The number of aromatic nitrogens is 3. The molecule has 3 rings (SSSR count). The monoisotopic (exact) mass is 369 g/mol. The Morgan fingerprint density at radius 3 is 2.76 bits per heavy atom. The number of thiophene rings is 1. The third-order valence-corrected chi connectivity index (χ3v) is 6.27. The second-order valence-corrected chi connectivity index (χ2v) is 8.11. The summed E-state index contributed by atoms with van der Waals surface area (Å²) in [7, 11) is 0. The molecule has 0 radical (unpaired) electrons. The highest BCUT2D eigenvalue weighted by atomic mass is 79.9. The van der Waals surface area contributed by atoms with Crippen molar-refractivity contribution in [3.8, 4) is 10.7 Å². The van der Waals surface area contributed by atoms with Crippen LogP contribution in [0.25, 0.3) is 10.7 Å². The van der Waals surface area contributed by atoms with E-state index in [1.54, 1.807) is 11.3 Å². The van der Waals surface area contributed by atoms with E-state index in [0.29, 0.717) is 5.92 Å². The normalized spacial score (nSPS) is 18.2. The van der Waals surface area contributed by atoms with Gasteiger partial charge in [-0.15, -0.1) is 16.4 Å². The van der Waals surface area contributed by atoms with Crippen LogP contribution in [-0.2, 0) is 0 Å². The molecule has 1 fully saturated rings. The van der Waals surface area contributed by atoms with Crippen molar-refractivity contribution in [3.63, 3.8) is 0 Å². The summed E-state index contributed by atoms with van der Waals surface area (Å²) < 4.78 is 1.15. The Bertz CT molecular complexity index is 593. The maximum atomic E-state index is 5.99. The highest BCUT2D eigenvalue weighted by Crippen LogP contribution is 2.33. The summed E-state index contributed by atoms with van der Waals surface area (Å²) in [6.45, 7) is 6.15. The van der Waals surface area contributed by atoms with E-state index in [-0.39, 0.29) is 6.04 Å². The number of halogens is 1. The van der Waals surface area contributed by atoms with Crippen LogP contribution in [-0.4, -0.2) is 34.3 Å². The first-order valence-corrected chi connectivity index (χ1v) is 8.85. The quantitative estimate of drug-likeness (QED) is 0.871. The van der Waals surface area contributed by atoms with Crippen molar-refractivity contribution in [3.05, 3.63) is 15.4 Å². The SMILES string of the molecule is Cc1cc(-c2nc(N3CCC(C(C)N)CC3)n[nH]2)sc1Br. The maximum Gasteiger partial charge on any atom is 0.245 e. The van der Waals surface area contributed by atoms with E-state index in [4.69, 9.17) is 5.73 Å². The Kier molecular flexibility index (Phi) is 4.33. The fourth-order valence-electron chi connectivity index (χ4n) is 2.71. The van der Waals surface area contributed by atoms with Crippen LogP contribution < -0.4 is 10.6 Å². The van der Waals surface area contributed by atoms with Crippen LogP contribution in [0.5, 0.6) is 0 Å². The molecule has 1 aliphatic rings. The third-order valence-electron chi connectivity index (χ3n) is 4.13. The van der Waals surface area contributed by atoms with Crippen LogP contribution in [0, 0.1) is 12.8 Å². The van der Waals surface area contributed by atoms with Gasteiger partial charge in [0.15, 0.2) is 5.82 Å². The Hall–Kier alpha value is -0.920. The molecule has 5 nitrogen and oxygen atoms in total. The molecule has 1 atom stereocenters. The minimum absolute atomic E-state index is 0.279. The molecule has 114 valence electrons. The first kappa shape index (κ1) is 15.0. The van der Waals surface area contributed by atoms with Crippen molar-refractivity contribution in [1.82, 2.24) is 15.2 Å². The number of hydrogen-bond donors (Lipinski definition) is 2. The second-order valence-electron chi connectivity index (χ2n) is 5.73. The molecule has 2 aromatic rings. The molecule has 3 N–H and O–H groups in total. The molecule has 7 heteroatoms. The largest absolute Gasteiger partial charge is 0.340 e. The van der Waals surface area contributed by atoms with E-state index < -0.39 is 0 Å². The topological polar surface area (TPSA) is 70.8 Å². The molecule has 1 saturated heterocycles. The van der Waals surface area contributed by atoms with Crippen molar-refractivity contribution < 1.29 is 0 Å². The summed E-state index contributed by atoms with van der Waals surface area (Å²) in [5.41, 5.74) is 7.22. The van der Waals surface area contributed by atoms with Gasteiger partial charge in [0.05, 0.1) is 8.66 Å². The number of H-pyrrole nitrogens is 1. The van der Waals surface area contributed by atoms with E-state index in [0.717, 1.165) is 46.4 Å². The lowest BCUT2D eigenvalue weighted by Gasteiger charge is -2.32. The summed E-state index contributed by atoms with van der Waals surface area (Å²) >= 11 is 5.23. The van der Waals surface area contributed by atoms with E-state index in [2.05, 4.69) is 55.9 Å². The van der Waals surface area contributed by atoms with Gasteiger partial charge in [0.1, 0.15) is 0 Å². The van der Waals surface area contributed by atoms with Gasteiger partial charge in [-0.25, -0.2) is 0 Å². The summed E-state index contributed by atoms with van der Waals surface area (Å²) in [6.07, 6.45) is 2.23. The zero-order valence-electron chi connectivity index (χ0n) is 12.3. The Labute approximate surface area is 137 Å². The predicted octanol–water partition coefficient (Wildman–Crippen LogP) is 3.17. The van der Waals surface area contributed by atoms with E-state index in [1.807, 2.05) is 0 Å². The lowest BCUT2D eigenvalue weighted by atomic mass is 9.91. The maximum absolute atomic E-state index is 5.99. The summed E-state index contributed by atoms with van der Waals surface area (Å²) in [5.74, 6) is 2.27. The van der Waals surface area contributed by atoms with Gasteiger partial charge >= 0.3 is 0 Å². The smallest absolute Gasteiger partial charge is 0.245 e. The number of aryl methyl sites for hydroxylation is 1. The highest BCUT2D eigenvalue weighted by molar-refractivity contribution is 9.11. The van der Waals surface area contributed by atoms with Gasteiger partial charge in [-0.1, -0.05) is 0 Å². The number of nitrogens with two attached hydrogens (primary N) is 1. The molecule has 0 bridgehead atoms. The molecule has 3 heterocycles. The van der Waals surface area contributed by atoms with Crippen LogP contribution in [0.2, 0.25) is 0 Å². The van der Waals surface area contributed by atoms with Crippen LogP contribution in [0.15, 0.2) is 9.85 Å². The fourth-order valence-corrected chi connectivity index (χ4v) is 4.18. The molecule has 1 aliphatic heterocycles. The minimum atomic E-state index is 0.279. The Morgan fingerprint density at radius 2 is 2.19 bits per heavy atom. The van der Waals surface area contributed by atoms with E-state index in [9.17, 15) is 0 Å². The number of hydrogen-bond acceptors (Lipinski definition) is 5. The summed E-state index contributed by atoms with van der Waals surface area (Å²) in [4.78, 5) is 8.00. The van der Waals surface area contributed by atoms with E-state index >= 15 is 0 Å². The van der Waals surface area contributed by atoms with Crippen molar-refractivity contribution in [2.24, 2.45) is 11.7 Å². The number of rotatable bonds is 3. The molecular formula is C14H20BrN5S. The highest BCUT2D eigenvalue weighted by Gasteiger charge is 2.24. The third kappa shape index (κ3) is 3.14. The summed E-state index contributed by atoms with van der Waals surface area (Å²) in [6, 6.07) is 2.41. The Morgan fingerprint density at radius 1 is 1.48 bits per heavy atom. The van der Waals surface area contributed by atoms with E-state index in [1.165, 1.54) is 5.56 Å². The average molecular weight is 370 g/mol. The average Bonchev–Trinajstić information content (AvgIpc) is 3.07. The predicted molar refractivity (Wildman–Crippen MR) is 90.7 cm³/mol. The van der Waals surface area contributed by atoms with Crippen LogP contribution >= 0.6 is 27.3 Å². The van der Waals surface area contributed by atoms with Gasteiger partial charge in [-0.2, -0.15) is 4.98 Å². The minimum Gasteiger partial charge on any atom is -0.340 e.